The Morgan fingerprint density at radius 1 is 0.429 bits per heavy atom. The SMILES string of the molecule is C(#Cc1ccccc1)c1ccccc1.[2H]C([2H])(c1ccccc1)C([2H])([2H])c1ccccc1. The lowest BCUT2D eigenvalue weighted by Gasteiger charge is -2.01. The molecule has 0 N–H and O–H groups in total. The molecule has 0 radical (unpaired) electrons. The molecule has 0 spiro atoms. The molecule has 0 bridgehead atoms. The summed E-state index contributed by atoms with van der Waals surface area (Å²) in [6.45, 7) is 0. The van der Waals surface area contributed by atoms with Gasteiger partial charge in [-0.05, 0) is 48.1 Å². The molecular weight excluding hydrogens is 336 g/mol. The molecule has 4 aromatic carbocycles. The predicted octanol–water partition coefficient (Wildman–Crippen LogP) is 6.56. The highest BCUT2D eigenvalue weighted by molar-refractivity contribution is 5.42. The van der Waals surface area contributed by atoms with E-state index in [4.69, 9.17) is 5.48 Å². The van der Waals surface area contributed by atoms with E-state index < -0.39 is 12.7 Å². The standard InChI is InChI=1S/C14H14.C14H10/c2*1-3-7-13(8-4-1)11-12-14-9-5-2-6-10-14/h1-10H,11-12H2;1-10H/i11D2,12D2;. The minimum absolute atomic E-state index is 0.346. The second-order valence-electron chi connectivity index (χ2n) is 5.96. The van der Waals surface area contributed by atoms with Gasteiger partial charge in [-0.2, -0.15) is 0 Å². The molecule has 4 aromatic rings. The third kappa shape index (κ3) is 6.98. The molecule has 0 aromatic heterocycles. The molecule has 0 nitrogen and oxygen atoms in total. The number of hydrogen-bond acceptors (Lipinski definition) is 0. The van der Waals surface area contributed by atoms with Crippen LogP contribution in [0.15, 0.2) is 121 Å². The van der Waals surface area contributed by atoms with Crippen molar-refractivity contribution in [2.45, 2.75) is 12.7 Å². The summed E-state index contributed by atoms with van der Waals surface area (Å²) in [6.07, 6.45) is -4.15. The molecule has 4 rings (SSSR count). The van der Waals surface area contributed by atoms with Gasteiger partial charge < -0.3 is 0 Å². The lowest BCUT2D eigenvalue weighted by Crippen LogP contribution is -1.89. The fourth-order valence-electron chi connectivity index (χ4n) is 2.37. The molecule has 0 saturated carbocycles. The molecule has 0 fully saturated rings. The van der Waals surface area contributed by atoms with Gasteiger partial charge in [0.25, 0.3) is 0 Å². The van der Waals surface area contributed by atoms with Crippen LogP contribution in [-0.2, 0) is 12.7 Å². The van der Waals surface area contributed by atoms with Crippen molar-refractivity contribution in [3.8, 4) is 11.8 Å². The summed E-state index contributed by atoms with van der Waals surface area (Å²) in [5.74, 6) is 6.22. The van der Waals surface area contributed by atoms with Gasteiger partial charge >= 0.3 is 0 Å². The Bertz CT molecular complexity index is 1050. The van der Waals surface area contributed by atoms with Crippen LogP contribution in [0, 0.1) is 11.8 Å². The average Bonchev–Trinajstić information content (AvgIpc) is 2.85. The van der Waals surface area contributed by atoms with Crippen LogP contribution in [0.1, 0.15) is 27.7 Å². The smallest absolute Gasteiger partial charge is 0.0319 e. The quantitative estimate of drug-likeness (QED) is 0.361. The zero-order valence-corrected chi connectivity index (χ0v) is 15.5. The maximum Gasteiger partial charge on any atom is 0.0319 e. The summed E-state index contributed by atoms with van der Waals surface area (Å²) in [5.41, 5.74) is 2.80. The van der Waals surface area contributed by atoms with Crippen LogP contribution in [0.4, 0.5) is 0 Å². The van der Waals surface area contributed by atoms with E-state index in [2.05, 4.69) is 11.8 Å². The van der Waals surface area contributed by atoms with Gasteiger partial charge in [0, 0.05) is 16.6 Å². The van der Waals surface area contributed by atoms with Gasteiger partial charge in [-0.1, -0.05) is 109 Å². The van der Waals surface area contributed by atoms with Gasteiger partial charge in [-0.25, -0.2) is 0 Å². The Balaban J connectivity index is 0.000000186. The van der Waals surface area contributed by atoms with Crippen LogP contribution in [0.5, 0.6) is 0 Å². The fourth-order valence-corrected chi connectivity index (χ4v) is 2.37. The minimum atomic E-state index is -2.07. The van der Waals surface area contributed by atoms with Crippen LogP contribution < -0.4 is 0 Å². The van der Waals surface area contributed by atoms with E-state index in [1.54, 1.807) is 60.7 Å². The van der Waals surface area contributed by atoms with Crippen LogP contribution in [-0.4, -0.2) is 0 Å². The summed E-state index contributed by atoms with van der Waals surface area (Å²) in [7, 11) is 0. The summed E-state index contributed by atoms with van der Waals surface area (Å²) in [4.78, 5) is 0. The first-order valence-electron chi connectivity index (χ1n) is 11.1. The topological polar surface area (TPSA) is 0 Å². The lowest BCUT2D eigenvalue weighted by atomic mass is 10.0. The minimum Gasteiger partial charge on any atom is -0.0622 e. The first-order valence-corrected chi connectivity index (χ1v) is 9.14. The number of aryl methyl sites for hydroxylation is 2. The van der Waals surface area contributed by atoms with E-state index in [1.165, 1.54) is 0 Å². The highest BCUT2D eigenvalue weighted by atomic mass is 14.0. The molecule has 0 aliphatic rings. The highest BCUT2D eigenvalue weighted by Crippen LogP contribution is 2.06. The van der Waals surface area contributed by atoms with Crippen molar-refractivity contribution in [3.63, 3.8) is 0 Å². The number of hydrogen-bond donors (Lipinski definition) is 0. The van der Waals surface area contributed by atoms with Gasteiger partial charge in [0.15, 0.2) is 0 Å². The first-order chi connectivity index (χ1) is 15.4. The second kappa shape index (κ2) is 11.2. The zero-order valence-electron chi connectivity index (χ0n) is 19.5. The summed E-state index contributed by atoms with van der Waals surface area (Å²) >= 11 is 0. The van der Waals surface area contributed by atoms with Crippen molar-refractivity contribution in [2.24, 2.45) is 0 Å². The van der Waals surface area contributed by atoms with Crippen molar-refractivity contribution >= 4 is 0 Å². The molecular formula is C28H24. The normalized spacial score (nSPS) is 12.6. The van der Waals surface area contributed by atoms with Crippen molar-refractivity contribution in [1.82, 2.24) is 0 Å². The van der Waals surface area contributed by atoms with E-state index >= 15 is 0 Å². The fraction of sp³-hybridized carbons (Fsp3) is 0.0714. The maximum atomic E-state index is 8.10. The monoisotopic (exact) mass is 364 g/mol. The molecule has 0 aliphatic heterocycles. The van der Waals surface area contributed by atoms with E-state index in [0.29, 0.717) is 11.1 Å². The maximum absolute atomic E-state index is 8.10. The molecule has 0 heteroatoms. The molecule has 0 aliphatic carbocycles. The van der Waals surface area contributed by atoms with Crippen LogP contribution in [0.2, 0.25) is 0 Å². The van der Waals surface area contributed by atoms with Crippen molar-refractivity contribution in [1.29, 1.82) is 0 Å². The Hall–Kier alpha value is -3.56. The predicted molar refractivity (Wildman–Crippen MR) is 119 cm³/mol. The largest absolute Gasteiger partial charge is 0.0622 e. The highest BCUT2D eigenvalue weighted by Gasteiger charge is 1.93. The molecule has 28 heavy (non-hydrogen) atoms. The van der Waals surface area contributed by atoms with E-state index in [-0.39, 0.29) is 0 Å². The molecule has 136 valence electrons. The third-order valence-corrected chi connectivity index (χ3v) is 3.80. The third-order valence-electron chi connectivity index (χ3n) is 3.80. The van der Waals surface area contributed by atoms with Crippen molar-refractivity contribution < 1.29 is 5.48 Å². The van der Waals surface area contributed by atoms with Crippen molar-refractivity contribution in [2.75, 3.05) is 0 Å². The molecule has 0 amide bonds. The van der Waals surface area contributed by atoms with Gasteiger partial charge in [0.2, 0.25) is 0 Å². The number of benzene rings is 4. The lowest BCUT2D eigenvalue weighted by molar-refractivity contribution is 0.960. The molecule has 0 atom stereocenters. The first kappa shape index (κ1) is 14.5. The van der Waals surface area contributed by atoms with Crippen molar-refractivity contribution in [3.05, 3.63) is 144 Å². The van der Waals surface area contributed by atoms with E-state index in [1.807, 2.05) is 60.7 Å². The molecule has 0 unspecified atom stereocenters. The molecule has 0 saturated heterocycles. The van der Waals surface area contributed by atoms with Crippen LogP contribution in [0.3, 0.4) is 0 Å². The van der Waals surface area contributed by atoms with Crippen LogP contribution in [0.25, 0.3) is 0 Å². The second-order valence-corrected chi connectivity index (χ2v) is 5.96. The van der Waals surface area contributed by atoms with Gasteiger partial charge in [-0.3, -0.25) is 0 Å². The van der Waals surface area contributed by atoms with Crippen LogP contribution >= 0.6 is 0 Å². The Morgan fingerprint density at radius 2 is 0.714 bits per heavy atom. The van der Waals surface area contributed by atoms with E-state index in [0.717, 1.165) is 11.1 Å². The summed E-state index contributed by atoms with van der Waals surface area (Å²) in [6, 6.07) is 36.9. The van der Waals surface area contributed by atoms with E-state index in [9.17, 15) is 0 Å². The average molecular weight is 365 g/mol. The Morgan fingerprint density at radius 3 is 1.04 bits per heavy atom. The molecule has 0 heterocycles. The summed E-state index contributed by atoms with van der Waals surface area (Å²) < 4.78 is 32.4. The number of rotatable bonds is 3. The zero-order chi connectivity index (χ0) is 22.9. The Kier molecular flexibility index (Phi) is 5.81. The van der Waals surface area contributed by atoms with Gasteiger partial charge in [0.05, 0.1) is 0 Å². The van der Waals surface area contributed by atoms with Gasteiger partial charge in [-0.15, -0.1) is 0 Å². The Labute approximate surface area is 174 Å². The summed E-state index contributed by atoms with van der Waals surface area (Å²) in [5, 5.41) is 0. The van der Waals surface area contributed by atoms with Gasteiger partial charge in [0.1, 0.15) is 0 Å².